The number of methoxy groups -OCH3 is 1. The van der Waals surface area contributed by atoms with Gasteiger partial charge in [0.1, 0.15) is 0 Å². The van der Waals surface area contributed by atoms with E-state index >= 15 is 0 Å². The van der Waals surface area contributed by atoms with Crippen LogP contribution in [-0.4, -0.2) is 12.2 Å². The monoisotopic (exact) mass is 202 g/mol. The second-order valence-corrected chi connectivity index (χ2v) is 3.19. The maximum absolute atomic E-state index is 9.20. The summed E-state index contributed by atoms with van der Waals surface area (Å²) in [5.41, 5.74) is 0. The van der Waals surface area contributed by atoms with E-state index in [2.05, 4.69) is 4.74 Å². The molecule has 0 spiro atoms. The largest absolute Gasteiger partial charge is 0.477 e. The number of pyridine rings is 1. The van der Waals surface area contributed by atoms with Gasteiger partial charge in [-0.3, -0.25) is 0 Å². The summed E-state index contributed by atoms with van der Waals surface area (Å²) in [7, 11) is 1.42. The lowest BCUT2D eigenvalue weighted by atomic mass is 10.2. The van der Waals surface area contributed by atoms with E-state index in [1.807, 2.05) is 42.7 Å². The van der Waals surface area contributed by atoms with Crippen LogP contribution in [0.5, 0.6) is 0 Å². The highest BCUT2D eigenvalue weighted by Gasteiger charge is 2.02. The van der Waals surface area contributed by atoms with Crippen molar-refractivity contribution in [2.75, 3.05) is 7.11 Å². The molecule has 0 aliphatic carbocycles. The quantitative estimate of drug-likeness (QED) is 0.597. The lowest BCUT2D eigenvalue weighted by molar-refractivity contribution is -0.569. The van der Waals surface area contributed by atoms with Gasteiger partial charge in [0.05, 0.1) is 7.11 Å². The predicted molar refractivity (Wildman–Crippen MR) is 58.1 cm³/mol. The molecule has 0 aliphatic rings. The molecule has 1 heterocycles. The van der Waals surface area contributed by atoms with Crippen molar-refractivity contribution in [1.82, 2.24) is 0 Å². The van der Waals surface area contributed by atoms with Gasteiger partial charge in [-0.2, -0.15) is 4.57 Å². The summed E-state index contributed by atoms with van der Waals surface area (Å²) in [5, 5.41) is 11.5. The Morgan fingerprint density at radius 3 is 2.73 bits per heavy atom. The molecule has 3 heteroatoms. The Labute approximate surface area is 87.9 Å². The van der Waals surface area contributed by atoms with Crippen molar-refractivity contribution in [3.05, 3.63) is 48.7 Å². The number of aliphatic hydroxyl groups is 1. The van der Waals surface area contributed by atoms with Crippen LogP contribution in [0.25, 0.3) is 17.0 Å². The number of nitrogens with zero attached hydrogens (tertiary/aromatic N) is 1. The third-order valence-electron chi connectivity index (χ3n) is 2.18. The molecule has 1 aromatic carbocycles. The number of fused-ring (bicyclic) bond motifs is 1. The maximum Gasteiger partial charge on any atom is 0.344 e. The molecule has 0 saturated carbocycles. The van der Waals surface area contributed by atoms with Crippen LogP contribution in [0.2, 0.25) is 0 Å². The SMILES string of the molecule is CO/C(O)=C/[n+]1ccc2ccccc2c1. The number of aliphatic hydroxyl groups excluding tert-OH is 1. The van der Waals surface area contributed by atoms with Gasteiger partial charge >= 0.3 is 5.95 Å². The average Bonchev–Trinajstić information content (AvgIpc) is 2.29. The first-order valence-corrected chi connectivity index (χ1v) is 4.64. The summed E-state index contributed by atoms with van der Waals surface area (Å²) >= 11 is 0. The van der Waals surface area contributed by atoms with Crippen LogP contribution in [0.4, 0.5) is 0 Å². The molecule has 0 saturated heterocycles. The Balaban J connectivity index is 2.47. The fourth-order valence-corrected chi connectivity index (χ4v) is 1.41. The highest BCUT2D eigenvalue weighted by Crippen LogP contribution is 2.09. The molecule has 0 unspecified atom stereocenters. The lowest BCUT2D eigenvalue weighted by Crippen LogP contribution is -2.25. The molecule has 0 fully saturated rings. The molecule has 1 aromatic heterocycles. The highest BCUT2D eigenvalue weighted by molar-refractivity contribution is 5.80. The average molecular weight is 202 g/mol. The Morgan fingerprint density at radius 2 is 2.00 bits per heavy atom. The van der Waals surface area contributed by atoms with E-state index in [1.54, 1.807) is 4.57 Å². The molecule has 0 amide bonds. The molecular formula is C12H12NO2+. The summed E-state index contributed by atoms with van der Waals surface area (Å²) in [5.74, 6) is -0.115. The van der Waals surface area contributed by atoms with Gasteiger partial charge in [0, 0.05) is 11.5 Å². The normalized spacial score (nSPS) is 11.7. The van der Waals surface area contributed by atoms with E-state index in [-0.39, 0.29) is 5.95 Å². The topological polar surface area (TPSA) is 33.3 Å². The summed E-state index contributed by atoms with van der Waals surface area (Å²) < 4.78 is 6.41. The van der Waals surface area contributed by atoms with Crippen LogP contribution in [0.3, 0.4) is 0 Å². The zero-order valence-corrected chi connectivity index (χ0v) is 8.42. The predicted octanol–water partition coefficient (Wildman–Crippen LogP) is 2.09. The number of rotatable bonds is 2. The van der Waals surface area contributed by atoms with Crippen molar-refractivity contribution >= 4 is 17.0 Å². The van der Waals surface area contributed by atoms with Gasteiger partial charge in [-0.1, -0.05) is 18.2 Å². The number of hydrogen-bond acceptors (Lipinski definition) is 2. The van der Waals surface area contributed by atoms with Crippen molar-refractivity contribution in [2.45, 2.75) is 0 Å². The van der Waals surface area contributed by atoms with Crippen LogP contribution in [-0.2, 0) is 4.74 Å². The molecule has 1 N–H and O–H groups in total. The van der Waals surface area contributed by atoms with E-state index < -0.39 is 0 Å². The zero-order valence-electron chi connectivity index (χ0n) is 8.42. The first-order chi connectivity index (χ1) is 7.29. The fourth-order valence-electron chi connectivity index (χ4n) is 1.41. The molecule has 2 aromatic rings. The second-order valence-electron chi connectivity index (χ2n) is 3.19. The van der Waals surface area contributed by atoms with Crippen LogP contribution < -0.4 is 4.57 Å². The van der Waals surface area contributed by atoms with Crippen molar-refractivity contribution < 1.29 is 14.4 Å². The van der Waals surface area contributed by atoms with E-state index in [4.69, 9.17) is 0 Å². The zero-order chi connectivity index (χ0) is 10.7. The lowest BCUT2D eigenvalue weighted by Gasteiger charge is -1.95. The van der Waals surface area contributed by atoms with Gasteiger partial charge in [0.15, 0.2) is 12.4 Å². The van der Waals surface area contributed by atoms with Gasteiger partial charge in [-0.05, 0) is 11.5 Å². The molecule has 0 aliphatic heterocycles. The summed E-state index contributed by atoms with van der Waals surface area (Å²) in [6.07, 6.45) is 5.29. The molecule has 3 nitrogen and oxygen atoms in total. The fraction of sp³-hybridized carbons (Fsp3) is 0.0833. The summed E-state index contributed by atoms with van der Waals surface area (Å²) in [6, 6.07) is 10.0. The summed E-state index contributed by atoms with van der Waals surface area (Å²) in [6.45, 7) is 0. The molecule has 76 valence electrons. The molecule has 0 bridgehead atoms. The van der Waals surface area contributed by atoms with E-state index in [0.717, 1.165) is 5.39 Å². The van der Waals surface area contributed by atoms with Gasteiger partial charge in [0.2, 0.25) is 0 Å². The Kier molecular flexibility index (Phi) is 2.54. The minimum Gasteiger partial charge on any atom is -0.477 e. The smallest absolute Gasteiger partial charge is 0.344 e. The standard InChI is InChI=1S/C12H11NO2/c1-15-12(14)9-13-7-6-10-4-2-3-5-11(10)8-13/h2-9H,1H3/p+1/b12-9+. The van der Waals surface area contributed by atoms with Crippen molar-refractivity contribution in [1.29, 1.82) is 0 Å². The van der Waals surface area contributed by atoms with Crippen LogP contribution in [0.1, 0.15) is 0 Å². The van der Waals surface area contributed by atoms with Crippen LogP contribution >= 0.6 is 0 Å². The third-order valence-corrected chi connectivity index (χ3v) is 2.18. The maximum atomic E-state index is 9.20. The van der Waals surface area contributed by atoms with E-state index in [1.165, 1.54) is 18.7 Å². The van der Waals surface area contributed by atoms with Crippen molar-refractivity contribution in [3.8, 4) is 0 Å². The van der Waals surface area contributed by atoms with Crippen molar-refractivity contribution in [3.63, 3.8) is 0 Å². The second kappa shape index (κ2) is 4.00. The molecule has 0 radical (unpaired) electrons. The van der Waals surface area contributed by atoms with Gasteiger partial charge in [0.25, 0.3) is 6.20 Å². The Bertz CT molecular complexity index is 506. The van der Waals surface area contributed by atoms with Crippen molar-refractivity contribution in [2.24, 2.45) is 0 Å². The minimum atomic E-state index is -0.115. The van der Waals surface area contributed by atoms with Gasteiger partial charge in [-0.15, -0.1) is 0 Å². The minimum absolute atomic E-state index is 0.115. The number of aromatic nitrogens is 1. The molecule has 0 atom stereocenters. The molecule has 2 rings (SSSR count). The van der Waals surface area contributed by atoms with E-state index in [0.29, 0.717) is 0 Å². The van der Waals surface area contributed by atoms with Crippen LogP contribution in [0.15, 0.2) is 48.7 Å². The van der Waals surface area contributed by atoms with Gasteiger partial charge in [-0.25, -0.2) is 0 Å². The first-order valence-electron chi connectivity index (χ1n) is 4.64. The number of hydrogen-bond donors (Lipinski definition) is 1. The van der Waals surface area contributed by atoms with Crippen LogP contribution in [0, 0.1) is 0 Å². The third kappa shape index (κ3) is 2.07. The number of benzene rings is 1. The molecular weight excluding hydrogens is 190 g/mol. The Hall–Kier alpha value is -2.03. The highest BCUT2D eigenvalue weighted by atomic mass is 16.6. The number of ether oxygens (including phenoxy) is 1. The van der Waals surface area contributed by atoms with Gasteiger partial charge < -0.3 is 9.84 Å². The Morgan fingerprint density at radius 1 is 1.27 bits per heavy atom. The summed E-state index contributed by atoms with van der Waals surface area (Å²) in [4.78, 5) is 0. The molecule has 15 heavy (non-hydrogen) atoms. The first kappa shape index (κ1) is 9.52. The van der Waals surface area contributed by atoms with E-state index in [9.17, 15) is 5.11 Å².